The third kappa shape index (κ3) is 4.14. The van der Waals surface area contributed by atoms with Crippen LogP contribution in [0.15, 0.2) is 34.9 Å². The number of allylic oxidation sites excluding steroid dienone is 3. The van der Waals surface area contributed by atoms with E-state index in [1.54, 1.807) is 45.9 Å². The lowest BCUT2D eigenvalue weighted by atomic mass is 9.49. The van der Waals surface area contributed by atoms with Gasteiger partial charge in [0.1, 0.15) is 11.7 Å². The van der Waals surface area contributed by atoms with Crippen LogP contribution in [-0.4, -0.2) is 64.4 Å². The molecule has 0 saturated heterocycles. The molecule has 0 radical (unpaired) electrons. The van der Waals surface area contributed by atoms with Gasteiger partial charge in [-0.3, -0.25) is 19.2 Å². The van der Waals surface area contributed by atoms with Crippen LogP contribution in [0, 0.1) is 16.7 Å². The van der Waals surface area contributed by atoms with E-state index in [4.69, 9.17) is 14.2 Å². The van der Waals surface area contributed by atoms with Crippen molar-refractivity contribution in [3.8, 4) is 0 Å². The molecular weight excluding hydrogens is 456 g/mol. The summed E-state index contributed by atoms with van der Waals surface area (Å²) in [7, 11) is 0. The summed E-state index contributed by atoms with van der Waals surface area (Å²) in [5, 5.41) is 22.6. The lowest BCUT2D eigenvalue weighted by molar-refractivity contribution is -0.224. The number of aliphatic hydroxyl groups excluding tert-OH is 1. The number of hydrogen-bond donors (Lipinski definition) is 2. The van der Waals surface area contributed by atoms with Crippen LogP contribution in [0.1, 0.15) is 54.9 Å². The van der Waals surface area contributed by atoms with Gasteiger partial charge in [0.15, 0.2) is 18.0 Å². The molecule has 192 valence electrons. The van der Waals surface area contributed by atoms with Crippen LogP contribution in [0.4, 0.5) is 0 Å². The molecule has 9 heteroatoms. The topological polar surface area (TPSA) is 136 Å². The second kappa shape index (κ2) is 9.02. The standard InChI is InChI=1S/C26H34O9/c1-13-18(31)11-26(32)22(34-15(3)29)20-17(12-27)9-8-10-25(20,7)23(35-16(4)30)21(33-14(2)28)19(13)24(26,5)6/h8-10,20-23,27,32H,11-12H2,1-7H3/t20-,21+,22-,23-,25+,26+/m0/s1. The van der Waals surface area contributed by atoms with Crippen molar-refractivity contribution >= 4 is 23.7 Å². The summed E-state index contributed by atoms with van der Waals surface area (Å²) in [4.78, 5) is 50.2. The number of rotatable bonds is 4. The highest BCUT2D eigenvalue weighted by Gasteiger charge is 2.68. The van der Waals surface area contributed by atoms with Gasteiger partial charge in [-0.1, -0.05) is 39.0 Å². The van der Waals surface area contributed by atoms with Gasteiger partial charge in [0.05, 0.1) is 6.61 Å². The lowest BCUT2D eigenvalue weighted by Crippen LogP contribution is -2.69. The van der Waals surface area contributed by atoms with Gasteiger partial charge in [0.2, 0.25) is 0 Å². The molecule has 9 nitrogen and oxygen atoms in total. The number of esters is 3. The maximum absolute atomic E-state index is 13.3. The maximum Gasteiger partial charge on any atom is 0.303 e. The summed E-state index contributed by atoms with van der Waals surface area (Å²) in [5.41, 5.74) is -3.43. The van der Waals surface area contributed by atoms with Crippen LogP contribution in [0.2, 0.25) is 0 Å². The molecule has 2 bridgehead atoms. The molecule has 0 aromatic rings. The molecule has 35 heavy (non-hydrogen) atoms. The third-order valence-electron chi connectivity index (χ3n) is 7.85. The Morgan fingerprint density at radius 3 is 2.06 bits per heavy atom. The molecular formula is C26H34O9. The van der Waals surface area contributed by atoms with Gasteiger partial charge in [0.25, 0.3) is 0 Å². The van der Waals surface area contributed by atoms with Crippen molar-refractivity contribution in [1.29, 1.82) is 0 Å². The first-order chi connectivity index (χ1) is 16.1. The molecule has 0 aromatic carbocycles. The van der Waals surface area contributed by atoms with E-state index in [1.807, 2.05) is 0 Å². The number of aliphatic hydroxyl groups is 2. The molecule has 1 fully saturated rings. The number of carbonyl (C=O) groups is 4. The van der Waals surface area contributed by atoms with Gasteiger partial charge in [-0.25, -0.2) is 0 Å². The molecule has 3 aliphatic carbocycles. The van der Waals surface area contributed by atoms with Crippen molar-refractivity contribution in [2.75, 3.05) is 6.61 Å². The SMILES string of the molecule is CC(=O)O[C@@H]1C2=C(C)C(=O)C[C@@](O)([C@@H](OC(C)=O)[C@@H]3C(CO)=CC=C[C@@]3(C)[C@H]1OC(C)=O)C2(C)C. The minimum atomic E-state index is -1.93. The quantitative estimate of drug-likeness (QED) is 0.447. The smallest absolute Gasteiger partial charge is 0.303 e. The Balaban J connectivity index is 2.49. The number of Topliss-reactive ketones (excluding diaryl/α,β-unsaturated/α-hetero) is 1. The van der Waals surface area contributed by atoms with E-state index >= 15 is 0 Å². The largest absolute Gasteiger partial charge is 0.459 e. The minimum absolute atomic E-state index is 0.282. The van der Waals surface area contributed by atoms with Gasteiger partial charge in [-0.15, -0.1) is 0 Å². The van der Waals surface area contributed by atoms with Gasteiger partial charge >= 0.3 is 17.9 Å². The number of carbonyl (C=O) groups excluding carboxylic acids is 4. The second-order valence-electron chi connectivity index (χ2n) is 10.4. The van der Waals surface area contributed by atoms with Crippen molar-refractivity contribution in [3.05, 3.63) is 34.9 Å². The molecule has 6 atom stereocenters. The highest BCUT2D eigenvalue weighted by molar-refractivity contribution is 5.98. The summed E-state index contributed by atoms with van der Waals surface area (Å²) in [5.74, 6) is -3.34. The minimum Gasteiger partial charge on any atom is -0.459 e. The predicted octanol–water partition coefficient (Wildman–Crippen LogP) is 1.95. The van der Waals surface area contributed by atoms with Crippen molar-refractivity contribution in [3.63, 3.8) is 0 Å². The Labute approximate surface area is 204 Å². The summed E-state index contributed by atoms with van der Waals surface area (Å²) >= 11 is 0. The fourth-order valence-electron chi connectivity index (χ4n) is 6.17. The fraction of sp³-hybridized carbons (Fsp3) is 0.615. The first-order valence-corrected chi connectivity index (χ1v) is 11.6. The highest BCUT2D eigenvalue weighted by atomic mass is 16.6. The molecule has 2 N–H and O–H groups in total. The van der Waals surface area contributed by atoms with E-state index in [9.17, 15) is 29.4 Å². The Morgan fingerprint density at radius 2 is 1.54 bits per heavy atom. The van der Waals surface area contributed by atoms with Crippen LogP contribution in [0.5, 0.6) is 0 Å². The Morgan fingerprint density at radius 1 is 1.00 bits per heavy atom. The molecule has 0 heterocycles. The molecule has 0 amide bonds. The van der Waals surface area contributed by atoms with Gasteiger partial charge in [-0.05, 0) is 23.6 Å². The van der Waals surface area contributed by atoms with E-state index in [0.717, 1.165) is 0 Å². The normalized spacial score (nSPS) is 35.8. The number of ketones is 1. The van der Waals surface area contributed by atoms with E-state index < -0.39 is 71.0 Å². The summed E-state index contributed by atoms with van der Waals surface area (Å²) in [6, 6.07) is 0. The zero-order valence-electron chi connectivity index (χ0n) is 21.2. The molecule has 0 unspecified atom stereocenters. The van der Waals surface area contributed by atoms with Crippen molar-refractivity contribution in [2.45, 2.75) is 78.8 Å². The first-order valence-electron chi connectivity index (χ1n) is 11.6. The lowest BCUT2D eigenvalue weighted by Gasteiger charge is -2.60. The zero-order chi connectivity index (χ0) is 26.5. The monoisotopic (exact) mass is 490 g/mol. The average Bonchev–Trinajstić information content (AvgIpc) is 2.72. The van der Waals surface area contributed by atoms with Crippen LogP contribution >= 0.6 is 0 Å². The third-order valence-corrected chi connectivity index (χ3v) is 7.85. The molecule has 0 aromatic heterocycles. The van der Waals surface area contributed by atoms with Crippen LogP contribution in [0.3, 0.4) is 0 Å². The van der Waals surface area contributed by atoms with Crippen LogP contribution in [-0.2, 0) is 33.4 Å². The molecule has 0 aliphatic heterocycles. The van der Waals surface area contributed by atoms with E-state index in [-0.39, 0.29) is 12.0 Å². The Hall–Kier alpha value is -2.78. The highest BCUT2D eigenvalue weighted by Crippen LogP contribution is 2.60. The van der Waals surface area contributed by atoms with Gasteiger partial charge < -0.3 is 24.4 Å². The van der Waals surface area contributed by atoms with Gasteiger partial charge in [-0.2, -0.15) is 0 Å². The second-order valence-corrected chi connectivity index (χ2v) is 10.4. The molecule has 0 spiro atoms. The zero-order valence-corrected chi connectivity index (χ0v) is 21.2. The summed E-state index contributed by atoms with van der Waals surface area (Å²) in [6.07, 6.45) is 0.993. The number of hydrogen-bond acceptors (Lipinski definition) is 9. The van der Waals surface area contributed by atoms with E-state index in [0.29, 0.717) is 11.1 Å². The number of fused-ring (bicyclic) bond motifs is 3. The van der Waals surface area contributed by atoms with Gasteiger partial charge in [0, 0.05) is 43.9 Å². The Kier molecular flexibility index (Phi) is 6.91. The molecule has 3 rings (SSSR count). The van der Waals surface area contributed by atoms with Crippen LogP contribution < -0.4 is 0 Å². The fourth-order valence-corrected chi connectivity index (χ4v) is 6.17. The summed E-state index contributed by atoms with van der Waals surface area (Å²) in [6.45, 7) is 9.85. The molecule has 3 aliphatic rings. The molecule has 1 saturated carbocycles. The van der Waals surface area contributed by atoms with Crippen molar-refractivity contribution < 1.29 is 43.6 Å². The first kappa shape index (κ1) is 26.8. The van der Waals surface area contributed by atoms with Crippen molar-refractivity contribution in [2.24, 2.45) is 16.7 Å². The van der Waals surface area contributed by atoms with Crippen LogP contribution in [0.25, 0.3) is 0 Å². The number of ether oxygens (including phenoxy) is 3. The van der Waals surface area contributed by atoms with E-state index in [2.05, 4.69) is 0 Å². The maximum atomic E-state index is 13.3. The Bertz CT molecular complexity index is 1050. The van der Waals surface area contributed by atoms with Crippen molar-refractivity contribution in [1.82, 2.24) is 0 Å². The van der Waals surface area contributed by atoms with E-state index in [1.165, 1.54) is 20.8 Å². The average molecular weight is 491 g/mol. The predicted molar refractivity (Wildman–Crippen MR) is 124 cm³/mol. The summed E-state index contributed by atoms with van der Waals surface area (Å²) < 4.78 is 17.4.